The molecule has 0 spiro atoms. The van der Waals surface area contributed by atoms with Crippen LogP contribution >= 0.6 is 0 Å². The zero-order chi connectivity index (χ0) is 10.3. The lowest BCUT2D eigenvalue weighted by Crippen LogP contribution is -2.36. The molecule has 1 saturated heterocycles. The molecule has 2 atom stereocenters. The van der Waals surface area contributed by atoms with Gasteiger partial charge in [-0.05, 0) is 61.4 Å². The van der Waals surface area contributed by atoms with E-state index in [2.05, 4.69) is 5.32 Å². The van der Waals surface area contributed by atoms with Crippen LogP contribution in [0.2, 0.25) is 0 Å². The first kappa shape index (κ1) is 9.34. The summed E-state index contributed by atoms with van der Waals surface area (Å²) in [6, 6.07) is 7.13. The molecular formula is C13H16FN. The van der Waals surface area contributed by atoms with Crippen molar-refractivity contribution in [2.45, 2.75) is 18.8 Å². The molecule has 1 aliphatic carbocycles. The number of hydrogen-bond donors (Lipinski definition) is 1. The third kappa shape index (κ3) is 1.57. The lowest BCUT2D eigenvalue weighted by atomic mass is 9.81. The Morgan fingerprint density at radius 3 is 2.20 bits per heavy atom. The Kier molecular flexibility index (Phi) is 2.24. The lowest BCUT2D eigenvalue weighted by Gasteiger charge is -2.31. The van der Waals surface area contributed by atoms with Crippen molar-refractivity contribution < 1.29 is 4.39 Å². The zero-order valence-electron chi connectivity index (χ0n) is 8.75. The van der Waals surface area contributed by atoms with Crippen LogP contribution < -0.4 is 5.32 Å². The molecule has 0 amide bonds. The van der Waals surface area contributed by atoms with Crippen molar-refractivity contribution in [2.75, 3.05) is 13.1 Å². The van der Waals surface area contributed by atoms with Gasteiger partial charge in [0.1, 0.15) is 5.82 Å². The number of rotatable bonds is 1. The minimum Gasteiger partial charge on any atom is -0.316 e. The van der Waals surface area contributed by atoms with Gasteiger partial charge in [-0.15, -0.1) is 0 Å². The first-order valence-corrected chi connectivity index (χ1v) is 5.81. The molecule has 3 rings (SSSR count). The average Bonchev–Trinajstić information content (AvgIpc) is 2.51. The minimum absolute atomic E-state index is 0.125. The van der Waals surface area contributed by atoms with Crippen molar-refractivity contribution in [1.29, 1.82) is 0 Å². The number of halogens is 1. The number of hydrogen-bond acceptors (Lipinski definition) is 1. The van der Waals surface area contributed by atoms with E-state index in [1.807, 2.05) is 12.1 Å². The van der Waals surface area contributed by atoms with Gasteiger partial charge in [-0.1, -0.05) is 12.1 Å². The molecule has 2 heteroatoms. The third-order valence-electron chi connectivity index (χ3n) is 3.99. The number of piperidine rings is 1. The van der Waals surface area contributed by atoms with E-state index in [0.29, 0.717) is 5.92 Å². The first-order chi connectivity index (χ1) is 7.34. The first-order valence-electron chi connectivity index (χ1n) is 5.81. The highest BCUT2D eigenvalue weighted by molar-refractivity contribution is 5.24. The van der Waals surface area contributed by atoms with Crippen LogP contribution in [-0.2, 0) is 0 Å². The quantitative estimate of drug-likeness (QED) is 0.743. The van der Waals surface area contributed by atoms with Crippen molar-refractivity contribution in [3.8, 4) is 0 Å². The summed E-state index contributed by atoms with van der Waals surface area (Å²) in [5.74, 6) is 2.09. The largest absolute Gasteiger partial charge is 0.316 e. The van der Waals surface area contributed by atoms with Crippen LogP contribution in [0.4, 0.5) is 4.39 Å². The fourth-order valence-electron chi connectivity index (χ4n) is 3.31. The molecule has 2 bridgehead atoms. The highest BCUT2D eigenvalue weighted by Gasteiger charge is 2.39. The van der Waals surface area contributed by atoms with Gasteiger partial charge in [-0.25, -0.2) is 4.39 Å². The van der Waals surface area contributed by atoms with Crippen LogP contribution in [0, 0.1) is 17.7 Å². The van der Waals surface area contributed by atoms with Crippen molar-refractivity contribution in [3.63, 3.8) is 0 Å². The molecule has 80 valence electrons. The van der Waals surface area contributed by atoms with Crippen LogP contribution in [0.5, 0.6) is 0 Å². The average molecular weight is 205 g/mol. The van der Waals surface area contributed by atoms with Crippen molar-refractivity contribution in [3.05, 3.63) is 35.6 Å². The van der Waals surface area contributed by atoms with Gasteiger partial charge in [0.15, 0.2) is 0 Å². The normalized spacial score (nSPS) is 34.3. The highest BCUT2D eigenvalue weighted by atomic mass is 19.1. The molecule has 1 nitrogen and oxygen atoms in total. The second kappa shape index (κ2) is 3.60. The van der Waals surface area contributed by atoms with E-state index in [4.69, 9.17) is 0 Å². The molecule has 1 saturated carbocycles. The summed E-state index contributed by atoms with van der Waals surface area (Å²) in [4.78, 5) is 0. The minimum atomic E-state index is -0.125. The van der Waals surface area contributed by atoms with Gasteiger partial charge in [-0.3, -0.25) is 0 Å². The molecular weight excluding hydrogens is 189 g/mol. The molecule has 0 aromatic heterocycles. The maximum Gasteiger partial charge on any atom is 0.123 e. The number of nitrogens with one attached hydrogen (secondary N) is 1. The molecule has 1 aromatic carbocycles. The van der Waals surface area contributed by atoms with Gasteiger partial charge >= 0.3 is 0 Å². The van der Waals surface area contributed by atoms with Crippen LogP contribution in [0.25, 0.3) is 0 Å². The fraction of sp³-hybridized carbons (Fsp3) is 0.538. The Hall–Kier alpha value is -0.890. The second-order valence-electron chi connectivity index (χ2n) is 4.83. The van der Waals surface area contributed by atoms with Crippen LogP contribution in [-0.4, -0.2) is 13.1 Å². The lowest BCUT2D eigenvalue weighted by molar-refractivity contribution is 0.322. The maximum absolute atomic E-state index is 12.9. The molecule has 1 heterocycles. The van der Waals surface area contributed by atoms with Gasteiger partial charge in [0, 0.05) is 0 Å². The van der Waals surface area contributed by atoms with Gasteiger partial charge in [-0.2, -0.15) is 0 Å². The van der Waals surface area contributed by atoms with Gasteiger partial charge in [0.25, 0.3) is 0 Å². The molecule has 15 heavy (non-hydrogen) atoms. The van der Waals surface area contributed by atoms with E-state index in [-0.39, 0.29) is 5.82 Å². The predicted molar refractivity (Wildman–Crippen MR) is 58.2 cm³/mol. The number of fused-ring (bicyclic) bond motifs is 2. The zero-order valence-corrected chi connectivity index (χ0v) is 8.75. The summed E-state index contributed by atoms with van der Waals surface area (Å²) >= 11 is 0. The second-order valence-corrected chi connectivity index (χ2v) is 4.83. The highest BCUT2D eigenvalue weighted by Crippen LogP contribution is 2.45. The molecule has 1 aromatic rings. The van der Waals surface area contributed by atoms with E-state index in [0.717, 1.165) is 24.9 Å². The molecule has 0 radical (unpaired) electrons. The summed E-state index contributed by atoms with van der Waals surface area (Å²) in [5.41, 5.74) is 1.34. The number of benzene rings is 1. The Morgan fingerprint density at radius 1 is 1.00 bits per heavy atom. The Morgan fingerprint density at radius 2 is 1.60 bits per heavy atom. The summed E-state index contributed by atoms with van der Waals surface area (Å²) in [6.45, 7) is 2.27. The molecule has 2 unspecified atom stereocenters. The monoisotopic (exact) mass is 205 g/mol. The third-order valence-corrected chi connectivity index (χ3v) is 3.99. The van der Waals surface area contributed by atoms with Crippen molar-refractivity contribution in [2.24, 2.45) is 11.8 Å². The van der Waals surface area contributed by atoms with Gasteiger partial charge < -0.3 is 5.32 Å². The predicted octanol–water partition coefficient (Wildman–Crippen LogP) is 2.54. The summed E-state index contributed by atoms with van der Waals surface area (Å²) in [6.07, 6.45) is 2.67. The molecule has 2 aliphatic rings. The molecule has 2 fully saturated rings. The summed E-state index contributed by atoms with van der Waals surface area (Å²) in [7, 11) is 0. The summed E-state index contributed by atoms with van der Waals surface area (Å²) < 4.78 is 12.9. The van der Waals surface area contributed by atoms with Gasteiger partial charge in [0.05, 0.1) is 0 Å². The Bertz CT molecular complexity index is 330. The Balaban J connectivity index is 1.90. The van der Waals surface area contributed by atoms with E-state index in [1.54, 1.807) is 12.1 Å². The van der Waals surface area contributed by atoms with Crippen LogP contribution in [0.1, 0.15) is 24.3 Å². The van der Waals surface area contributed by atoms with E-state index >= 15 is 0 Å². The SMILES string of the molecule is Fc1ccc(C2C3CCC2CNC3)cc1. The van der Waals surface area contributed by atoms with E-state index in [9.17, 15) is 4.39 Å². The summed E-state index contributed by atoms with van der Waals surface area (Å²) in [5, 5.41) is 3.48. The topological polar surface area (TPSA) is 12.0 Å². The van der Waals surface area contributed by atoms with Crippen LogP contribution in [0.15, 0.2) is 24.3 Å². The standard InChI is InChI=1S/C13H16FN/c14-12-5-3-9(4-6-12)13-10-1-2-11(13)8-15-7-10/h3-6,10-11,13,15H,1-2,7-8H2. The Labute approximate surface area is 89.7 Å². The fourth-order valence-corrected chi connectivity index (χ4v) is 3.31. The van der Waals surface area contributed by atoms with Crippen molar-refractivity contribution >= 4 is 0 Å². The van der Waals surface area contributed by atoms with Crippen molar-refractivity contribution in [1.82, 2.24) is 5.32 Å². The molecule has 1 aliphatic heterocycles. The maximum atomic E-state index is 12.9. The molecule has 1 N–H and O–H groups in total. The van der Waals surface area contributed by atoms with Crippen LogP contribution in [0.3, 0.4) is 0 Å². The van der Waals surface area contributed by atoms with E-state index < -0.39 is 0 Å². The van der Waals surface area contributed by atoms with E-state index in [1.165, 1.54) is 18.4 Å². The smallest absolute Gasteiger partial charge is 0.123 e. The van der Waals surface area contributed by atoms with Gasteiger partial charge in [0.2, 0.25) is 0 Å².